The first-order valence-corrected chi connectivity index (χ1v) is 15.6. The number of pyridine rings is 2. The molecule has 14 heteroatoms. The van der Waals surface area contributed by atoms with E-state index < -0.39 is 11.9 Å². The van der Waals surface area contributed by atoms with Crippen molar-refractivity contribution in [1.29, 1.82) is 0 Å². The van der Waals surface area contributed by atoms with E-state index in [1.165, 1.54) is 0 Å². The van der Waals surface area contributed by atoms with Crippen molar-refractivity contribution in [3.8, 4) is 22.6 Å². The summed E-state index contributed by atoms with van der Waals surface area (Å²) in [7, 11) is 0. The van der Waals surface area contributed by atoms with Crippen molar-refractivity contribution in [3.05, 3.63) is 83.8 Å². The average molecular weight is 801 g/mol. The number of carboxylic acid groups (broad SMARTS) is 2. The summed E-state index contributed by atoms with van der Waals surface area (Å²) in [5, 5.41) is 28.5. The molecule has 3 aliphatic rings. The molecule has 255 valence electrons. The van der Waals surface area contributed by atoms with Gasteiger partial charge in [-0.3, -0.25) is 34.2 Å². The number of aliphatic carboxylic acids is 2. The van der Waals surface area contributed by atoms with Crippen LogP contribution in [0.25, 0.3) is 22.6 Å². The molecular formula is C33H39LuN9O4. The van der Waals surface area contributed by atoms with Crippen LogP contribution in [0.15, 0.2) is 66.7 Å². The number of hydrogen-bond acceptors (Lipinski definition) is 10. The molecule has 0 spiro atoms. The zero-order valence-corrected chi connectivity index (χ0v) is 27.7. The molecule has 1 saturated heterocycles. The fraction of sp³-hybridized carbons (Fsp3) is 0.394. The second-order valence-electron chi connectivity index (χ2n) is 11.8. The van der Waals surface area contributed by atoms with Gasteiger partial charge in [-0.05, 0) is 24.3 Å². The fourth-order valence-electron chi connectivity index (χ4n) is 6.08. The maximum Gasteiger partial charge on any atom is 0.317 e. The number of fused-ring (bicyclic) bond motifs is 8. The van der Waals surface area contributed by atoms with Crippen LogP contribution in [-0.2, 0) is 29.2 Å². The van der Waals surface area contributed by atoms with Crippen LogP contribution in [0.2, 0.25) is 0 Å². The average Bonchev–Trinajstić information content (AvgIpc) is 3.45. The molecular weight excluding hydrogens is 761 g/mol. The van der Waals surface area contributed by atoms with E-state index in [2.05, 4.69) is 20.1 Å². The van der Waals surface area contributed by atoms with Crippen LogP contribution in [0, 0.1) is 36.9 Å². The molecule has 1 fully saturated rings. The molecule has 4 aromatic rings. The van der Waals surface area contributed by atoms with Gasteiger partial charge in [-0.25, -0.2) is 9.67 Å². The zero-order valence-electron chi connectivity index (χ0n) is 26.0. The minimum absolute atomic E-state index is 0. The Morgan fingerprint density at radius 2 is 1.13 bits per heavy atom. The summed E-state index contributed by atoms with van der Waals surface area (Å²) in [5.74, 6) is -1.72. The first-order valence-electron chi connectivity index (χ1n) is 15.6. The summed E-state index contributed by atoms with van der Waals surface area (Å²) >= 11 is 0. The monoisotopic (exact) mass is 800 g/mol. The summed E-state index contributed by atoms with van der Waals surface area (Å²) in [6.45, 7) is 6.09. The third kappa shape index (κ3) is 9.62. The van der Waals surface area contributed by atoms with Crippen LogP contribution >= 0.6 is 0 Å². The smallest absolute Gasteiger partial charge is 0.317 e. The number of carboxylic acids is 2. The topological polar surface area (TPSA) is 144 Å². The van der Waals surface area contributed by atoms with E-state index in [-0.39, 0.29) is 50.0 Å². The predicted molar refractivity (Wildman–Crippen MR) is 171 cm³/mol. The van der Waals surface area contributed by atoms with E-state index in [1.807, 2.05) is 81.2 Å². The van der Waals surface area contributed by atoms with Gasteiger partial charge in [0.15, 0.2) is 0 Å². The predicted octanol–water partition coefficient (Wildman–Crippen LogP) is 1.85. The van der Waals surface area contributed by atoms with E-state index in [1.54, 1.807) is 0 Å². The quantitative estimate of drug-likeness (QED) is 0.304. The molecule has 7 rings (SSSR count). The molecule has 47 heavy (non-hydrogen) atoms. The Morgan fingerprint density at radius 3 is 1.68 bits per heavy atom. The van der Waals surface area contributed by atoms with Gasteiger partial charge in [0, 0.05) is 108 Å². The van der Waals surface area contributed by atoms with Gasteiger partial charge in [-0.1, -0.05) is 47.7 Å². The number of rotatable bonds is 5. The van der Waals surface area contributed by atoms with Gasteiger partial charge in [0.1, 0.15) is 11.4 Å². The molecule has 1 aromatic carbocycles. The fourth-order valence-corrected chi connectivity index (χ4v) is 6.08. The number of carbonyl (C=O) groups is 2. The zero-order chi connectivity index (χ0) is 31.9. The summed E-state index contributed by atoms with van der Waals surface area (Å²) in [4.78, 5) is 42.1. The minimum Gasteiger partial charge on any atom is -0.480 e. The van der Waals surface area contributed by atoms with Gasteiger partial charge in [-0.2, -0.15) is 0 Å². The third-order valence-electron chi connectivity index (χ3n) is 8.43. The standard InChI is InChI=1S/C33H39N9O4.Lu/c43-30(44)23-40-16-12-38-13-17-41(24-31(45)46)19-15-39(14-18-40)21-27-10-5-11-29(35-27)33-32(25-6-2-1-3-7-25)36-37-42(33)22-28-9-4-8-26(20-38)34-28;/h1-11H,12-24H2,(H,43,44)(H,45,46);. The molecule has 3 aromatic heterocycles. The molecule has 0 saturated carbocycles. The molecule has 0 amide bonds. The van der Waals surface area contributed by atoms with Crippen molar-refractivity contribution in [1.82, 2.24) is 44.6 Å². The van der Waals surface area contributed by atoms with Crippen LogP contribution in [0.3, 0.4) is 0 Å². The molecule has 0 aliphatic carbocycles. The van der Waals surface area contributed by atoms with Crippen molar-refractivity contribution >= 4 is 11.9 Å². The SMILES string of the molecule is O=C(O)CN1CCN2CCN(CC(=O)O)CCN(CC1)Cc1cccc(n1)-c1c(-c3ccccc3)nnn1Cc1cccc(n1)C2.[Lu]. The maximum absolute atomic E-state index is 11.8. The number of hydrogen-bond donors (Lipinski definition) is 2. The van der Waals surface area contributed by atoms with Crippen molar-refractivity contribution in [2.24, 2.45) is 0 Å². The number of benzene rings is 1. The van der Waals surface area contributed by atoms with Crippen molar-refractivity contribution in [2.45, 2.75) is 19.6 Å². The number of nitrogens with zero attached hydrogens (tertiary/aromatic N) is 9. The molecule has 2 N–H and O–H groups in total. The Bertz CT molecular complexity index is 1620. The third-order valence-corrected chi connectivity index (χ3v) is 8.43. The van der Waals surface area contributed by atoms with Crippen molar-refractivity contribution in [3.63, 3.8) is 0 Å². The van der Waals surface area contributed by atoms with Crippen LogP contribution in [0.4, 0.5) is 0 Å². The van der Waals surface area contributed by atoms with Crippen molar-refractivity contribution < 1.29 is 56.7 Å². The van der Waals surface area contributed by atoms with Crippen molar-refractivity contribution in [2.75, 3.05) is 65.4 Å². The normalized spacial score (nSPS) is 19.6. The van der Waals surface area contributed by atoms with E-state index in [9.17, 15) is 19.8 Å². The second-order valence-corrected chi connectivity index (χ2v) is 11.8. The summed E-state index contributed by atoms with van der Waals surface area (Å²) in [6.07, 6.45) is 0. The maximum atomic E-state index is 11.8. The van der Waals surface area contributed by atoms with Gasteiger partial charge in [0.2, 0.25) is 0 Å². The molecule has 1 radical (unpaired) electrons. The summed E-state index contributed by atoms with van der Waals surface area (Å²) in [5.41, 5.74) is 5.77. The van der Waals surface area contributed by atoms with E-state index >= 15 is 0 Å². The van der Waals surface area contributed by atoms with Crippen LogP contribution in [0.5, 0.6) is 0 Å². The van der Waals surface area contributed by atoms with Gasteiger partial charge in [0.05, 0.1) is 42.4 Å². The van der Waals surface area contributed by atoms with Gasteiger partial charge >= 0.3 is 11.9 Å². The molecule has 0 unspecified atom stereocenters. The van der Waals surface area contributed by atoms with Crippen LogP contribution in [-0.4, -0.2) is 132 Å². The Balaban J connectivity index is 0.00000433. The van der Waals surface area contributed by atoms with Gasteiger partial charge < -0.3 is 10.2 Å². The molecule has 3 aliphatic heterocycles. The van der Waals surface area contributed by atoms with Gasteiger partial charge in [-0.15, -0.1) is 5.10 Å². The molecule has 6 heterocycles. The molecule has 13 nitrogen and oxygen atoms in total. The molecule has 0 atom stereocenters. The molecule has 6 bridgehead atoms. The Morgan fingerprint density at radius 1 is 0.617 bits per heavy atom. The van der Waals surface area contributed by atoms with E-state index in [0.717, 1.165) is 39.7 Å². The first kappa shape index (κ1) is 35.0. The number of aromatic nitrogens is 5. The van der Waals surface area contributed by atoms with Gasteiger partial charge in [0.25, 0.3) is 0 Å². The minimum atomic E-state index is -0.858. The van der Waals surface area contributed by atoms with E-state index in [0.29, 0.717) is 72.0 Å². The Labute approximate surface area is 303 Å². The van der Waals surface area contributed by atoms with E-state index in [4.69, 9.17) is 9.97 Å². The Hall–Kier alpha value is -3.33. The largest absolute Gasteiger partial charge is 0.480 e. The second kappa shape index (κ2) is 16.7. The van der Waals surface area contributed by atoms with Crippen LogP contribution in [0.1, 0.15) is 17.1 Å². The Kier molecular flexibility index (Phi) is 12.4. The summed E-state index contributed by atoms with van der Waals surface area (Å²) in [6, 6.07) is 21.8. The first-order chi connectivity index (χ1) is 22.4. The summed E-state index contributed by atoms with van der Waals surface area (Å²) < 4.78 is 1.87. The van der Waals surface area contributed by atoms with Crippen LogP contribution < -0.4 is 0 Å².